The largest absolute Gasteiger partial charge is 0.385 e. The van der Waals surface area contributed by atoms with Crippen LogP contribution in [0.5, 0.6) is 0 Å². The van der Waals surface area contributed by atoms with Crippen LogP contribution < -0.4 is 0 Å². The van der Waals surface area contributed by atoms with Gasteiger partial charge < -0.3 is 37.9 Å². The Morgan fingerprint density at radius 1 is 0.208 bits per heavy atom. The molecule has 0 atom stereocenters. The highest BCUT2D eigenvalue weighted by atomic mass is 28.2. The molecule has 0 unspecified atom stereocenters. The topological polar surface area (TPSA) is 73.8 Å². The van der Waals surface area contributed by atoms with Crippen LogP contribution in [0.15, 0.2) is 231 Å². The summed E-state index contributed by atoms with van der Waals surface area (Å²) in [5.74, 6) is 0. The zero-order valence-electron chi connectivity index (χ0n) is 75.3. The maximum atomic E-state index is 4.94. The fourth-order valence-electron chi connectivity index (χ4n) is 5.49. The molecule has 606 valence electrons. The second-order valence-electron chi connectivity index (χ2n) is 29.1. The van der Waals surface area contributed by atoms with E-state index in [1.54, 1.807) is 56.9 Å². The van der Waals surface area contributed by atoms with Crippen LogP contribution in [0.2, 0.25) is 37.3 Å². The van der Waals surface area contributed by atoms with Crippen LogP contribution in [0.4, 0.5) is 0 Å². The van der Waals surface area contributed by atoms with Gasteiger partial charge in [-0.15, -0.1) is 0 Å². The highest BCUT2D eigenvalue weighted by Gasteiger charge is 2.07. The molecule has 0 radical (unpaired) electrons. The average molecular weight is 1570 g/mol. The molecule has 0 heterocycles. The third-order valence-corrected chi connectivity index (χ3v) is 16.8. The summed E-state index contributed by atoms with van der Waals surface area (Å²) in [5.41, 5.74) is 0.250. The van der Waals surface area contributed by atoms with E-state index in [0.717, 1.165) is 13.2 Å². The molecule has 0 bridgehead atoms. The van der Waals surface area contributed by atoms with Crippen molar-refractivity contribution in [1.82, 2.24) is 0 Å². The molecule has 106 heavy (non-hydrogen) atoms. The normalized spacial score (nSPS) is 10.2. The maximum Gasteiger partial charge on any atom is 0.0594 e. The quantitative estimate of drug-likeness (QED) is 0.110. The maximum absolute atomic E-state index is 4.94. The molecule has 0 spiro atoms. The highest BCUT2D eigenvalue weighted by Crippen LogP contribution is 2.15. The summed E-state index contributed by atoms with van der Waals surface area (Å²) in [6.07, 6.45) is 5.27. The Balaban J connectivity index is -0.000000163. The number of fused-ring (bicyclic) bond motifs is 4. The Labute approximate surface area is 673 Å². The van der Waals surface area contributed by atoms with Crippen LogP contribution in [0.3, 0.4) is 0 Å². The number of ether oxygens (including phenoxy) is 8. The standard InChI is InChI=1S/4C10H8.C6H6.6C5H12O.2C4H12OSi.2C3H10Si.2CH6Si/c4*1-2-6-10-8-4-3-7-9(10)5-1;1-2-4-6-5-3-1;6*1-5(2,3)6-4;2*1-5-3-2-4-6;2*1-2-3-4;2*1-2/h4*1-8H;1-6H;6*1-4H3;2*2-4H2,1,6H3;2*2-3H2,1,4H3;2*1-2H3. The lowest BCUT2D eigenvalue weighted by molar-refractivity contribution is 0.0394. The molecule has 0 saturated carbocycles. The molecular weight excluding hydrogens is 1400 g/mol. The zero-order chi connectivity index (χ0) is 83.2. The number of rotatable bonds is 8. The van der Waals surface area contributed by atoms with E-state index in [2.05, 4.69) is 221 Å². The van der Waals surface area contributed by atoms with Crippen LogP contribution in [-0.2, 0) is 37.9 Å². The SMILES string of the molecule is CCC[SiH3].CCC[SiH3].COC(C)(C)C.COC(C)(C)C.COC(C)(C)C.COC(C)(C)C.COC(C)(C)C.COC(C)(C)C.COCCC[SiH3].COCCC[SiH3].C[SiH3].C[SiH3].c1ccc2ccccc2c1.c1ccc2ccccc2c1.c1ccc2ccccc2c1.c1ccc2ccccc2c1.c1ccccc1. The Morgan fingerprint density at radius 2 is 0.302 bits per heavy atom. The number of hydrogen-bond donors (Lipinski definition) is 0. The third-order valence-electron chi connectivity index (χ3n) is 13.4. The van der Waals surface area contributed by atoms with Crippen molar-refractivity contribution < 1.29 is 37.9 Å². The van der Waals surface area contributed by atoms with E-state index >= 15 is 0 Å². The number of methoxy groups -OCH3 is 8. The van der Waals surface area contributed by atoms with Gasteiger partial charge >= 0.3 is 0 Å². The minimum absolute atomic E-state index is 0.0417. The van der Waals surface area contributed by atoms with Crippen molar-refractivity contribution in [3.05, 3.63) is 231 Å². The van der Waals surface area contributed by atoms with E-state index in [4.69, 9.17) is 37.9 Å². The van der Waals surface area contributed by atoms with E-state index < -0.39 is 0 Å². The lowest BCUT2D eigenvalue weighted by atomic mass is 10.1. The van der Waals surface area contributed by atoms with Gasteiger partial charge in [-0.05, 0) is 201 Å². The molecule has 8 nitrogen and oxygen atoms in total. The first kappa shape index (κ1) is 117. The lowest BCUT2D eigenvalue weighted by Gasteiger charge is -2.14. The van der Waals surface area contributed by atoms with Crippen molar-refractivity contribution in [3.8, 4) is 0 Å². The van der Waals surface area contributed by atoms with Gasteiger partial charge in [-0.3, -0.25) is 0 Å². The summed E-state index contributed by atoms with van der Waals surface area (Å²) in [4.78, 5) is 0. The van der Waals surface area contributed by atoms with Gasteiger partial charge in [0.1, 0.15) is 0 Å². The fourth-order valence-corrected chi connectivity index (χ4v) is 6.07. The van der Waals surface area contributed by atoms with Crippen molar-refractivity contribution in [3.63, 3.8) is 0 Å². The second-order valence-corrected chi connectivity index (χ2v) is 33.1. The van der Waals surface area contributed by atoms with Gasteiger partial charge in [-0.1, -0.05) is 294 Å². The molecule has 0 fully saturated rings. The zero-order valence-corrected chi connectivity index (χ0v) is 87.3. The molecule has 0 aromatic heterocycles. The summed E-state index contributed by atoms with van der Waals surface area (Å²) in [5, 5.41) is 10.5. The molecule has 0 saturated heterocycles. The Hall–Kier alpha value is -5.00. The van der Waals surface area contributed by atoms with Gasteiger partial charge in [0.15, 0.2) is 0 Å². The molecule has 0 N–H and O–H groups in total. The first-order valence-corrected chi connectivity index (χ1v) is 48.6. The van der Waals surface area contributed by atoms with Crippen LogP contribution in [-0.4, -0.2) is 165 Å². The van der Waals surface area contributed by atoms with E-state index in [1.807, 2.05) is 161 Å². The Morgan fingerprint density at radius 3 is 0.349 bits per heavy atom. The van der Waals surface area contributed by atoms with Gasteiger partial charge in [0.2, 0.25) is 0 Å². The van der Waals surface area contributed by atoms with E-state index in [9.17, 15) is 0 Å². The van der Waals surface area contributed by atoms with Crippen LogP contribution in [0, 0.1) is 0 Å². The predicted octanol–water partition coefficient (Wildman–Crippen LogP) is 20.4. The van der Waals surface area contributed by atoms with Gasteiger partial charge in [-0.2, -0.15) is 0 Å². The minimum atomic E-state index is 0.0417. The predicted molar refractivity (Wildman–Crippen MR) is 507 cm³/mol. The molecule has 9 aromatic carbocycles. The van der Waals surface area contributed by atoms with Crippen molar-refractivity contribution in [2.45, 2.75) is 235 Å². The van der Waals surface area contributed by atoms with Crippen molar-refractivity contribution >= 4 is 105 Å². The Bertz CT molecular complexity index is 2440. The Kier molecular flexibility index (Phi) is 87.6. The smallest absolute Gasteiger partial charge is 0.0594 e. The molecule has 0 aliphatic carbocycles. The molecule has 14 heteroatoms. The van der Waals surface area contributed by atoms with Crippen molar-refractivity contribution in [2.24, 2.45) is 0 Å². The van der Waals surface area contributed by atoms with Crippen LogP contribution in [0.25, 0.3) is 43.1 Å². The van der Waals surface area contributed by atoms with Crippen LogP contribution in [0.1, 0.15) is 164 Å². The summed E-state index contributed by atoms with van der Waals surface area (Å²) < 4.78 is 39.2. The first-order valence-electron chi connectivity index (χ1n) is 38.9. The number of benzene rings is 9. The summed E-state index contributed by atoms with van der Waals surface area (Å²) in [7, 11) is 21.8. The fraction of sp³-hybridized carbons (Fsp3) is 0.500. The third kappa shape index (κ3) is 97.0. The average Bonchev–Trinajstić information content (AvgIpc) is 0.894. The molecule has 0 amide bonds. The molecule has 0 aliphatic rings. The van der Waals surface area contributed by atoms with Gasteiger partial charge in [-0.25, -0.2) is 0 Å². The summed E-state index contributed by atoms with van der Waals surface area (Å²) in [6, 6.07) is 84.5. The van der Waals surface area contributed by atoms with Crippen LogP contribution >= 0.6 is 0 Å². The highest BCUT2D eigenvalue weighted by molar-refractivity contribution is 6.09. The van der Waals surface area contributed by atoms with E-state index in [1.165, 1.54) is 154 Å². The molecule has 0 aliphatic heterocycles. The summed E-state index contributed by atoms with van der Waals surface area (Å²) >= 11 is 0. The molecular formula is C92H166O8Si6. The van der Waals surface area contributed by atoms with Gasteiger partial charge in [0.05, 0.1) is 33.6 Å². The van der Waals surface area contributed by atoms with Gasteiger partial charge in [0, 0.05) is 111 Å². The monoisotopic (exact) mass is 1570 g/mol. The first-order chi connectivity index (χ1) is 49.9. The minimum Gasteiger partial charge on any atom is -0.385 e. The van der Waals surface area contributed by atoms with Gasteiger partial charge in [0.25, 0.3) is 0 Å². The van der Waals surface area contributed by atoms with E-state index in [-0.39, 0.29) is 33.6 Å². The van der Waals surface area contributed by atoms with E-state index in [0.29, 0.717) is 0 Å². The second kappa shape index (κ2) is 79.5. The molecule has 9 rings (SSSR count). The van der Waals surface area contributed by atoms with Crippen molar-refractivity contribution in [2.75, 3.05) is 70.1 Å². The lowest BCUT2D eigenvalue weighted by Crippen LogP contribution is -2.15. The molecule has 9 aromatic rings. The van der Waals surface area contributed by atoms with Crippen molar-refractivity contribution in [1.29, 1.82) is 0 Å². The number of hydrogen-bond acceptors (Lipinski definition) is 8. The summed E-state index contributed by atoms with van der Waals surface area (Å²) in [6.45, 7) is 47.0.